The Morgan fingerprint density at radius 2 is 2.27 bits per heavy atom. The summed E-state index contributed by atoms with van der Waals surface area (Å²) in [4.78, 5) is 3.91. The van der Waals surface area contributed by atoms with Gasteiger partial charge in [-0.05, 0) is 6.42 Å². The standard InChI is InChI=1S/C7H12N4/c1-2-4-11-5-3-6(8)10-7(11)9/h3,5H,2,4H2,1H3,(H3,8,9,10)/p+1. The maximum Gasteiger partial charge on any atom is 0.391 e. The van der Waals surface area contributed by atoms with Crippen molar-refractivity contribution in [3.05, 3.63) is 12.3 Å². The smallest absolute Gasteiger partial charge is 0.370 e. The summed E-state index contributed by atoms with van der Waals surface area (Å²) >= 11 is 0. The van der Waals surface area contributed by atoms with Crippen LogP contribution in [-0.2, 0) is 6.54 Å². The van der Waals surface area contributed by atoms with Crippen LogP contribution in [0.2, 0.25) is 0 Å². The van der Waals surface area contributed by atoms with Crippen molar-refractivity contribution in [2.45, 2.75) is 19.9 Å². The molecule has 0 aliphatic heterocycles. The Kier molecular flexibility index (Phi) is 2.25. The lowest BCUT2D eigenvalue weighted by Crippen LogP contribution is -2.37. The number of hydrogen-bond donors (Lipinski definition) is 2. The fourth-order valence-corrected chi connectivity index (χ4v) is 0.906. The molecule has 1 aromatic rings. The normalized spacial score (nSPS) is 9.91. The van der Waals surface area contributed by atoms with E-state index in [1.807, 2.05) is 10.8 Å². The third-order valence-electron chi connectivity index (χ3n) is 1.43. The van der Waals surface area contributed by atoms with Crippen LogP contribution in [0.15, 0.2) is 12.3 Å². The highest BCUT2D eigenvalue weighted by Gasteiger charge is 2.04. The molecule has 0 amide bonds. The number of rotatable bonds is 2. The minimum Gasteiger partial charge on any atom is -0.370 e. The van der Waals surface area contributed by atoms with Crippen LogP contribution in [0.4, 0.5) is 11.8 Å². The quantitative estimate of drug-likeness (QED) is 0.585. The maximum atomic E-state index is 5.58. The largest absolute Gasteiger partial charge is 0.391 e. The monoisotopic (exact) mass is 153 g/mol. The fourth-order valence-electron chi connectivity index (χ4n) is 0.906. The van der Waals surface area contributed by atoms with E-state index < -0.39 is 0 Å². The molecule has 0 spiro atoms. The van der Waals surface area contributed by atoms with E-state index in [1.54, 1.807) is 6.07 Å². The van der Waals surface area contributed by atoms with Crippen molar-refractivity contribution < 1.29 is 4.57 Å². The molecule has 0 fully saturated rings. The topological polar surface area (TPSA) is 68.8 Å². The Hall–Kier alpha value is -1.32. The van der Waals surface area contributed by atoms with Gasteiger partial charge in [-0.15, -0.1) is 0 Å². The van der Waals surface area contributed by atoms with E-state index in [4.69, 9.17) is 11.5 Å². The average Bonchev–Trinajstić information content (AvgIpc) is 1.95. The van der Waals surface area contributed by atoms with Crippen LogP contribution < -0.4 is 16.0 Å². The van der Waals surface area contributed by atoms with Gasteiger partial charge < -0.3 is 5.73 Å². The van der Waals surface area contributed by atoms with Gasteiger partial charge in [-0.2, -0.15) is 0 Å². The maximum absolute atomic E-state index is 5.58. The molecule has 0 saturated carbocycles. The summed E-state index contributed by atoms with van der Waals surface area (Å²) in [5.41, 5.74) is 11.0. The van der Waals surface area contributed by atoms with E-state index in [0.29, 0.717) is 11.8 Å². The number of nitrogens with two attached hydrogens (primary N) is 2. The minimum atomic E-state index is 0.467. The summed E-state index contributed by atoms with van der Waals surface area (Å²) in [5, 5.41) is 0. The number of anilines is 2. The number of aromatic nitrogens is 2. The Bertz CT molecular complexity index is 246. The van der Waals surface area contributed by atoms with Gasteiger partial charge in [0.15, 0.2) is 0 Å². The first-order chi connectivity index (χ1) is 5.24. The predicted molar refractivity (Wildman–Crippen MR) is 43.5 cm³/mol. The molecule has 11 heavy (non-hydrogen) atoms. The van der Waals surface area contributed by atoms with Crippen LogP contribution in [0.25, 0.3) is 0 Å². The van der Waals surface area contributed by atoms with Crippen LogP contribution in [-0.4, -0.2) is 4.98 Å². The van der Waals surface area contributed by atoms with Crippen molar-refractivity contribution in [2.75, 3.05) is 11.5 Å². The van der Waals surface area contributed by atoms with Crippen molar-refractivity contribution in [2.24, 2.45) is 0 Å². The van der Waals surface area contributed by atoms with E-state index in [1.165, 1.54) is 0 Å². The van der Waals surface area contributed by atoms with Crippen molar-refractivity contribution in [3.63, 3.8) is 0 Å². The van der Waals surface area contributed by atoms with Crippen LogP contribution in [0.5, 0.6) is 0 Å². The lowest BCUT2D eigenvalue weighted by molar-refractivity contribution is -0.685. The zero-order valence-electron chi connectivity index (χ0n) is 6.62. The highest BCUT2D eigenvalue weighted by atomic mass is 15.1. The molecule has 60 valence electrons. The summed E-state index contributed by atoms with van der Waals surface area (Å²) in [6, 6.07) is 1.74. The molecule has 1 rings (SSSR count). The number of nitrogens with zero attached hydrogens (tertiary/aromatic N) is 2. The molecule has 0 unspecified atom stereocenters. The van der Waals surface area contributed by atoms with Crippen molar-refractivity contribution in [1.29, 1.82) is 0 Å². The van der Waals surface area contributed by atoms with Gasteiger partial charge in [-0.25, -0.2) is 4.57 Å². The number of nitrogen functional groups attached to an aromatic ring is 2. The highest BCUT2D eigenvalue weighted by Crippen LogP contribution is 1.94. The molecular weight excluding hydrogens is 140 g/mol. The third-order valence-corrected chi connectivity index (χ3v) is 1.43. The molecule has 1 aromatic heterocycles. The van der Waals surface area contributed by atoms with E-state index in [2.05, 4.69) is 11.9 Å². The molecular formula is C7H13N4+. The average molecular weight is 153 g/mol. The number of hydrogen-bond acceptors (Lipinski definition) is 3. The molecule has 0 bridgehead atoms. The molecule has 0 aliphatic carbocycles. The van der Waals surface area contributed by atoms with Gasteiger partial charge in [0.05, 0.1) is 12.7 Å². The zero-order valence-corrected chi connectivity index (χ0v) is 6.62. The van der Waals surface area contributed by atoms with Gasteiger partial charge in [-0.3, -0.25) is 5.73 Å². The van der Waals surface area contributed by atoms with Crippen molar-refractivity contribution in [3.8, 4) is 0 Å². The summed E-state index contributed by atoms with van der Waals surface area (Å²) in [6.07, 6.45) is 2.89. The van der Waals surface area contributed by atoms with E-state index in [-0.39, 0.29) is 0 Å². The van der Waals surface area contributed by atoms with E-state index >= 15 is 0 Å². The van der Waals surface area contributed by atoms with E-state index in [9.17, 15) is 0 Å². The van der Waals surface area contributed by atoms with Crippen molar-refractivity contribution >= 4 is 11.8 Å². The Morgan fingerprint density at radius 3 is 2.82 bits per heavy atom. The first-order valence-corrected chi connectivity index (χ1v) is 3.65. The predicted octanol–water partition coefficient (Wildman–Crippen LogP) is -0.0565. The van der Waals surface area contributed by atoms with Gasteiger partial charge >= 0.3 is 5.95 Å². The van der Waals surface area contributed by atoms with Gasteiger partial charge in [0.2, 0.25) is 5.82 Å². The van der Waals surface area contributed by atoms with E-state index in [0.717, 1.165) is 13.0 Å². The second kappa shape index (κ2) is 3.18. The summed E-state index contributed by atoms with van der Waals surface area (Å²) in [6.45, 7) is 2.97. The molecule has 0 saturated heterocycles. The molecule has 0 aliphatic rings. The Labute approximate surface area is 65.9 Å². The van der Waals surface area contributed by atoms with Gasteiger partial charge in [0, 0.05) is 6.07 Å². The fraction of sp³-hybridized carbons (Fsp3) is 0.429. The SMILES string of the molecule is CCC[n+]1ccc(N)nc1N. The summed E-state index contributed by atoms with van der Waals surface area (Å²) < 4.78 is 1.87. The van der Waals surface area contributed by atoms with Crippen LogP contribution in [0, 0.1) is 0 Å². The molecule has 4 N–H and O–H groups in total. The lowest BCUT2D eigenvalue weighted by atomic mass is 10.4. The Morgan fingerprint density at radius 1 is 1.55 bits per heavy atom. The van der Waals surface area contributed by atoms with Crippen LogP contribution in [0.3, 0.4) is 0 Å². The van der Waals surface area contributed by atoms with Crippen LogP contribution in [0.1, 0.15) is 13.3 Å². The first kappa shape index (κ1) is 7.78. The lowest BCUT2D eigenvalue weighted by Gasteiger charge is -1.98. The second-order valence-corrected chi connectivity index (χ2v) is 2.40. The molecule has 0 aromatic carbocycles. The first-order valence-electron chi connectivity index (χ1n) is 3.65. The van der Waals surface area contributed by atoms with Gasteiger partial charge in [0.1, 0.15) is 0 Å². The molecule has 1 heterocycles. The molecule has 4 nitrogen and oxygen atoms in total. The third kappa shape index (κ3) is 1.80. The summed E-state index contributed by atoms with van der Waals surface area (Å²) in [5.74, 6) is 0.946. The molecule has 0 radical (unpaired) electrons. The number of aryl methyl sites for hydroxylation is 1. The molecule has 4 heteroatoms. The van der Waals surface area contributed by atoms with Gasteiger partial charge in [-0.1, -0.05) is 11.9 Å². The highest BCUT2D eigenvalue weighted by molar-refractivity contribution is 5.27. The summed E-state index contributed by atoms with van der Waals surface area (Å²) in [7, 11) is 0. The van der Waals surface area contributed by atoms with Crippen molar-refractivity contribution in [1.82, 2.24) is 4.98 Å². The zero-order chi connectivity index (χ0) is 8.27. The second-order valence-electron chi connectivity index (χ2n) is 2.40. The minimum absolute atomic E-state index is 0.467. The van der Waals surface area contributed by atoms with Gasteiger partial charge in [0.25, 0.3) is 0 Å². The van der Waals surface area contributed by atoms with Crippen LogP contribution >= 0.6 is 0 Å². The molecule has 0 atom stereocenters. The Balaban J connectivity index is 2.90.